The molecule has 1 amide bonds. The maximum absolute atomic E-state index is 11.7. The zero-order valence-electron chi connectivity index (χ0n) is 12.8. The van der Waals surface area contributed by atoms with Gasteiger partial charge in [0, 0.05) is 42.8 Å². The van der Waals surface area contributed by atoms with Crippen LogP contribution < -0.4 is 15.4 Å². The SMILES string of the molecule is Cl.O=C(COc1cc(Cl)cc(Cl)c1)NCCCN1CCNCC1. The van der Waals surface area contributed by atoms with E-state index in [1.165, 1.54) is 0 Å². The molecule has 1 aromatic rings. The number of carbonyl (C=O) groups is 1. The van der Waals surface area contributed by atoms with Crippen LogP contribution in [-0.2, 0) is 4.79 Å². The van der Waals surface area contributed by atoms with E-state index in [0.29, 0.717) is 22.3 Å². The highest BCUT2D eigenvalue weighted by Crippen LogP contribution is 2.23. The summed E-state index contributed by atoms with van der Waals surface area (Å²) in [4.78, 5) is 14.1. The Hall–Kier alpha value is -0.720. The number of benzene rings is 1. The Morgan fingerprint density at radius 3 is 2.52 bits per heavy atom. The Kier molecular flexibility index (Phi) is 9.67. The Morgan fingerprint density at radius 1 is 1.22 bits per heavy atom. The first kappa shape index (κ1) is 20.3. The largest absolute Gasteiger partial charge is 0.484 e. The number of halogens is 3. The molecule has 0 bridgehead atoms. The number of nitrogens with one attached hydrogen (secondary N) is 2. The van der Waals surface area contributed by atoms with Crippen LogP contribution in [-0.4, -0.2) is 56.7 Å². The van der Waals surface area contributed by atoms with Gasteiger partial charge in [-0.25, -0.2) is 0 Å². The summed E-state index contributed by atoms with van der Waals surface area (Å²) in [7, 11) is 0. The lowest BCUT2D eigenvalue weighted by Crippen LogP contribution is -2.44. The molecule has 1 heterocycles. The van der Waals surface area contributed by atoms with Gasteiger partial charge in [-0.1, -0.05) is 23.2 Å². The normalized spacial score (nSPS) is 14.9. The first-order chi connectivity index (χ1) is 10.6. The van der Waals surface area contributed by atoms with E-state index < -0.39 is 0 Å². The molecular formula is C15H22Cl3N3O2. The Morgan fingerprint density at radius 2 is 1.87 bits per heavy atom. The van der Waals surface area contributed by atoms with Gasteiger partial charge in [0.2, 0.25) is 0 Å². The topological polar surface area (TPSA) is 53.6 Å². The van der Waals surface area contributed by atoms with Gasteiger partial charge in [-0.15, -0.1) is 12.4 Å². The number of hydrogen-bond donors (Lipinski definition) is 2. The highest BCUT2D eigenvalue weighted by molar-refractivity contribution is 6.34. The number of nitrogens with zero attached hydrogens (tertiary/aromatic N) is 1. The lowest BCUT2D eigenvalue weighted by molar-refractivity contribution is -0.123. The van der Waals surface area contributed by atoms with Gasteiger partial charge < -0.3 is 20.3 Å². The van der Waals surface area contributed by atoms with Crippen molar-refractivity contribution in [2.45, 2.75) is 6.42 Å². The molecule has 5 nitrogen and oxygen atoms in total. The first-order valence-electron chi connectivity index (χ1n) is 7.42. The smallest absolute Gasteiger partial charge is 0.257 e. The van der Waals surface area contributed by atoms with Crippen molar-refractivity contribution in [1.82, 2.24) is 15.5 Å². The van der Waals surface area contributed by atoms with Crippen LogP contribution >= 0.6 is 35.6 Å². The molecule has 2 rings (SSSR count). The lowest BCUT2D eigenvalue weighted by Gasteiger charge is -2.27. The third-order valence-electron chi connectivity index (χ3n) is 3.39. The first-order valence-corrected chi connectivity index (χ1v) is 8.18. The van der Waals surface area contributed by atoms with E-state index in [4.69, 9.17) is 27.9 Å². The van der Waals surface area contributed by atoms with Gasteiger partial charge in [-0.3, -0.25) is 4.79 Å². The van der Waals surface area contributed by atoms with Gasteiger partial charge in [0.25, 0.3) is 5.91 Å². The summed E-state index contributed by atoms with van der Waals surface area (Å²) in [5.41, 5.74) is 0. The average molecular weight is 383 g/mol. The molecule has 0 aliphatic carbocycles. The Balaban J connectivity index is 0.00000264. The number of amides is 1. The van der Waals surface area contributed by atoms with Gasteiger partial charge >= 0.3 is 0 Å². The summed E-state index contributed by atoms with van der Waals surface area (Å²) in [5, 5.41) is 7.14. The molecule has 0 spiro atoms. The summed E-state index contributed by atoms with van der Waals surface area (Å²) >= 11 is 11.7. The summed E-state index contributed by atoms with van der Waals surface area (Å²) in [6.07, 6.45) is 0.939. The maximum Gasteiger partial charge on any atom is 0.257 e. The Bertz CT molecular complexity index is 477. The van der Waals surface area contributed by atoms with Gasteiger partial charge in [0.1, 0.15) is 5.75 Å². The van der Waals surface area contributed by atoms with Crippen molar-refractivity contribution in [3.63, 3.8) is 0 Å². The number of ether oxygens (including phenoxy) is 1. The molecule has 0 radical (unpaired) electrons. The summed E-state index contributed by atoms with van der Waals surface area (Å²) in [5.74, 6) is 0.352. The second kappa shape index (κ2) is 10.9. The van der Waals surface area contributed by atoms with E-state index in [9.17, 15) is 4.79 Å². The standard InChI is InChI=1S/C15H21Cl2N3O2.ClH/c16-12-8-13(17)10-14(9-12)22-11-15(21)19-2-1-5-20-6-3-18-4-7-20;/h8-10,18H,1-7,11H2,(H,19,21);1H. The second-order valence-corrected chi connectivity index (χ2v) is 6.06. The molecule has 0 aromatic heterocycles. The summed E-state index contributed by atoms with van der Waals surface area (Å²) < 4.78 is 5.38. The zero-order chi connectivity index (χ0) is 15.8. The summed E-state index contributed by atoms with van der Waals surface area (Å²) in [6.45, 7) is 5.86. The molecule has 8 heteroatoms. The molecule has 0 atom stereocenters. The molecule has 23 heavy (non-hydrogen) atoms. The van der Waals surface area contributed by atoms with Crippen LogP contribution in [0.25, 0.3) is 0 Å². The third-order valence-corrected chi connectivity index (χ3v) is 3.83. The molecule has 0 saturated carbocycles. The number of hydrogen-bond acceptors (Lipinski definition) is 4. The van der Waals surface area contributed by atoms with E-state index in [1.807, 2.05) is 0 Å². The van der Waals surface area contributed by atoms with Crippen molar-refractivity contribution < 1.29 is 9.53 Å². The number of rotatable bonds is 7. The third kappa shape index (κ3) is 8.08. The van der Waals surface area contributed by atoms with Crippen LogP contribution in [0.1, 0.15) is 6.42 Å². The van der Waals surface area contributed by atoms with Gasteiger partial charge in [0.15, 0.2) is 6.61 Å². The van der Waals surface area contributed by atoms with Crippen molar-refractivity contribution in [3.8, 4) is 5.75 Å². The zero-order valence-corrected chi connectivity index (χ0v) is 15.1. The average Bonchev–Trinajstić information content (AvgIpc) is 2.50. The van der Waals surface area contributed by atoms with Crippen molar-refractivity contribution in [2.24, 2.45) is 0 Å². The fraction of sp³-hybridized carbons (Fsp3) is 0.533. The van der Waals surface area contributed by atoms with E-state index in [-0.39, 0.29) is 24.9 Å². The van der Waals surface area contributed by atoms with Crippen molar-refractivity contribution in [1.29, 1.82) is 0 Å². The van der Waals surface area contributed by atoms with E-state index in [2.05, 4.69) is 15.5 Å². The highest BCUT2D eigenvalue weighted by Gasteiger charge is 2.09. The minimum atomic E-state index is -0.142. The molecule has 1 saturated heterocycles. The summed E-state index contributed by atoms with van der Waals surface area (Å²) in [6, 6.07) is 4.88. The fourth-order valence-electron chi connectivity index (χ4n) is 2.28. The van der Waals surface area contributed by atoms with Crippen LogP contribution in [0.3, 0.4) is 0 Å². The number of carbonyl (C=O) groups excluding carboxylic acids is 1. The molecule has 130 valence electrons. The quantitative estimate of drug-likeness (QED) is 0.710. The van der Waals surface area contributed by atoms with E-state index in [0.717, 1.165) is 39.1 Å². The van der Waals surface area contributed by atoms with Gasteiger partial charge in [0.05, 0.1) is 0 Å². The fourth-order valence-corrected chi connectivity index (χ4v) is 2.78. The maximum atomic E-state index is 11.7. The van der Waals surface area contributed by atoms with Crippen molar-refractivity contribution in [3.05, 3.63) is 28.2 Å². The second-order valence-electron chi connectivity index (χ2n) is 5.19. The highest BCUT2D eigenvalue weighted by atomic mass is 35.5. The lowest BCUT2D eigenvalue weighted by atomic mass is 10.3. The molecule has 1 fully saturated rings. The molecule has 2 N–H and O–H groups in total. The van der Waals surface area contributed by atoms with E-state index in [1.54, 1.807) is 18.2 Å². The minimum Gasteiger partial charge on any atom is -0.484 e. The van der Waals surface area contributed by atoms with Crippen molar-refractivity contribution >= 4 is 41.5 Å². The minimum absolute atomic E-state index is 0. The molecule has 1 aliphatic heterocycles. The Labute approximate surface area is 153 Å². The molecule has 1 aliphatic rings. The van der Waals surface area contributed by atoms with Crippen LogP contribution in [0.4, 0.5) is 0 Å². The molecule has 0 unspecified atom stereocenters. The number of piperazine rings is 1. The predicted molar refractivity (Wildman–Crippen MR) is 96.1 cm³/mol. The van der Waals surface area contributed by atoms with Gasteiger partial charge in [-0.2, -0.15) is 0 Å². The van der Waals surface area contributed by atoms with Crippen LogP contribution in [0, 0.1) is 0 Å². The van der Waals surface area contributed by atoms with E-state index >= 15 is 0 Å². The van der Waals surface area contributed by atoms with Gasteiger partial charge in [-0.05, 0) is 31.2 Å². The van der Waals surface area contributed by atoms with Crippen LogP contribution in [0.2, 0.25) is 10.0 Å². The molecular weight excluding hydrogens is 361 g/mol. The van der Waals surface area contributed by atoms with Crippen molar-refractivity contribution in [2.75, 3.05) is 45.9 Å². The van der Waals surface area contributed by atoms with Crippen LogP contribution in [0.5, 0.6) is 5.75 Å². The van der Waals surface area contributed by atoms with Crippen LogP contribution in [0.15, 0.2) is 18.2 Å². The predicted octanol–water partition coefficient (Wildman–Crippen LogP) is 2.21. The molecule has 1 aromatic carbocycles. The monoisotopic (exact) mass is 381 g/mol.